The van der Waals surface area contributed by atoms with Crippen LogP contribution < -0.4 is 0 Å². The number of aromatic amines is 1. The van der Waals surface area contributed by atoms with Crippen LogP contribution in [-0.2, 0) is 6.42 Å². The third-order valence-electron chi connectivity index (χ3n) is 2.95. The van der Waals surface area contributed by atoms with Gasteiger partial charge in [-0.1, -0.05) is 30.3 Å². The Morgan fingerprint density at radius 1 is 1.00 bits per heavy atom. The molecule has 2 aromatic carbocycles. The Balaban J connectivity index is 2.35. The molecule has 1 N–H and O–H groups in total. The van der Waals surface area contributed by atoms with E-state index in [1.54, 1.807) is 0 Å². The van der Waals surface area contributed by atoms with Crippen LogP contribution in [0.25, 0.3) is 21.8 Å². The van der Waals surface area contributed by atoms with Crippen LogP contribution in [-0.4, -0.2) is 4.98 Å². The number of H-pyrrole nitrogens is 1. The van der Waals surface area contributed by atoms with E-state index in [-0.39, 0.29) is 0 Å². The highest BCUT2D eigenvalue weighted by Gasteiger charge is 2.03. The minimum atomic E-state index is 0.926. The molecule has 0 aliphatic rings. The number of hydrogen-bond donors (Lipinski definition) is 1. The first-order valence-corrected chi connectivity index (χ1v) is 5.49. The van der Waals surface area contributed by atoms with Crippen LogP contribution >= 0.6 is 0 Å². The molecular formula is C15H13N. The minimum absolute atomic E-state index is 0.926. The van der Waals surface area contributed by atoms with Gasteiger partial charge in [-0.15, -0.1) is 6.58 Å². The van der Waals surface area contributed by atoms with Gasteiger partial charge >= 0.3 is 0 Å². The molecule has 0 amide bonds. The maximum atomic E-state index is 3.78. The molecule has 1 aromatic heterocycles. The zero-order chi connectivity index (χ0) is 11.0. The van der Waals surface area contributed by atoms with Crippen LogP contribution in [0.5, 0.6) is 0 Å². The first kappa shape index (κ1) is 9.22. The number of allylic oxidation sites excluding steroid dienone is 1. The van der Waals surface area contributed by atoms with Crippen molar-refractivity contribution >= 4 is 21.8 Å². The van der Waals surface area contributed by atoms with Crippen molar-refractivity contribution in [1.29, 1.82) is 0 Å². The average Bonchev–Trinajstić information content (AvgIpc) is 2.68. The molecule has 0 fully saturated rings. The van der Waals surface area contributed by atoms with Crippen molar-refractivity contribution in [3.05, 3.63) is 60.7 Å². The number of nitrogens with one attached hydrogen (secondary N) is 1. The van der Waals surface area contributed by atoms with Crippen LogP contribution in [0.1, 0.15) is 5.56 Å². The zero-order valence-electron chi connectivity index (χ0n) is 9.03. The summed E-state index contributed by atoms with van der Waals surface area (Å²) in [4.78, 5) is 3.42. The number of para-hydroxylation sites is 1. The summed E-state index contributed by atoms with van der Waals surface area (Å²) in [6, 6.07) is 15.0. The molecule has 0 saturated heterocycles. The Labute approximate surface area is 94.4 Å². The van der Waals surface area contributed by atoms with Crippen molar-refractivity contribution in [2.24, 2.45) is 0 Å². The number of hydrogen-bond acceptors (Lipinski definition) is 0. The fourth-order valence-corrected chi connectivity index (χ4v) is 2.19. The molecule has 0 radical (unpaired) electrons. The van der Waals surface area contributed by atoms with Crippen LogP contribution in [0, 0.1) is 0 Å². The van der Waals surface area contributed by atoms with E-state index in [0.29, 0.717) is 0 Å². The van der Waals surface area contributed by atoms with Gasteiger partial charge < -0.3 is 4.98 Å². The van der Waals surface area contributed by atoms with Crippen molar-refractivity contribution < 1.29 is 0 Å². The second-order valence-corrected chi connectivity index (χ2v) is 4.04. The monoisotopic (exact) mass is 207 g/mol. The van der Waals surface area contributed by atoms with E-state index in [4.69, 9.17) is 0 Å². The van der Waals surface area contributed by atoms with E-state index in [1.165, 1.54) is 27.4 Å². The highest BCUT2D eigenvalue weighted by Crippen LogP contribution is 2.26. The second kappa shape index (κ2) is 3.53. The van der Waals surface area contributed by atoms with Crippen LogP contribution in [0.3, 0.4) is 0 Å². The van der Waals surface area contributed by atoms with E-state index in [1.807, 2.05) is 6.08 Å². The molecule has 0 bridgehead atoms. The van der Waals surface area contributed by atoms with Crippen LogP contribution in [0.15, 0.2) is 55.1 Å². The summed E-state index contributed by atoms with van der Waals surface area (Å²) in [6.07, 6.45) is 2.87. The predicted octanol–water partition coefficient (Wildman–Crippen LogP) is 4.05. The summed E-state index contributed by atoms with van der Waals surface area (Å²) < 4.78 is 0. The zero-order valence-corrected chi connectivity index (χ0v) is 9.03. The summed E-state index contributed by atoms with van der Waals surface area (Å²) in [5, 5.41) is 2.60. The summed E-state index contributed by atoms with van der Waals surface area (Å²) >= 11 is 0. The molecule has 0 aliphatic heterocycles. The maximum absolute atomic E-state index is 3.78. The summed E-state index contributed by atoms with van der Waals surface area (Å²) in [5.74, 6) is 0. The van der Waals surface area contributed by atoms with Crippen molar-refractivity contribution in [1.82, 2.24) is 4.98 Å². The lowest BCUT2D eigenvalue weighted by Gasteiger charge is -1.97. The van der Waals surface area contributed by atoms with Crippen molar-refractivity contribution in [3.63, 3.8) is 0 Å². The first-order valence-electron chi connectivity index (χ1n) is 5.49. The normalized spacial score (nSPS) is 11.0. The summed E-state index contributed by atoms with van der Waals surface area (Å²) in [5.41, 5.74) is 3.72. The molecule has 0 atom stereocenters. The Kier molecular flexibility index (Phi) is 2.03. The van der Waals surface area contributed by atoms with Gasteiger partial charge in [0.2, 0.25) is 0 Å². The molecule has 16 heavy (non-hydrogen) atoms. The Bertz CT molecular complexity index is 661. The number of benzene rings is 2. The molecule has 0 unspecified atom stereocenters. The SMILES string of the molecule is C=CCc1ccc2[nH]c3ccccc3c2c1. The molecule has 3 aromatic rings. The highest BCUT2D eigenvalue weighted by molar-refractivity contribution is 6.07. The van der Waals surface area contributed by atoms with E-state index in [9.17, 15) is 0 Å². The Morgan fingerprint density at radius 3 is 2.69 bits per heavy atom. The molecule has 78 valence electrons. The fourth-order valence-electron chi connectivity index (χ4n) is 2.19. The third kappa shape index (κ3) is 1.33. The van der Waals surface area contributed by atoms with Crippen molar-refractivity contribution in [2.75, 3.05) is 0 Å². The largest absolute Gasteiger partial charge is 0.355 e. The Hall–Kier alpha value is -2.02. The van der Waals surface area contributed by atoms with Crippen molar-refractivity contribution in [3.8, 4) is 0 Å². The van der Waals surface area contributed by atoms with E-state index >= 15 is 0 Å². The van der Waals surface area contributed by atoms with E-state index in [2.05, 4.69) is 54.0 Å². The van der Waals surface area contributed by atoms with Crippen LogP contribution in [0.2, 0.25) is 0 Å². The van der Waals surface area contributed by atoms with Crippen molar-refractivity contribution in [2.45, 2.75) is 6.42 Å². The van der Waals surface area contributed by atoms with Gasteiger partial charge in [0, 0.05) is 21.8 Å². The molecule has 1 heteroatoms. The maximum Gasteiger partial charge on any atom is 0.0465 e. The average molecular weight is 207 g/mol. The Morgan fingerprint density at radius 2 is 1.81 bits per heavy atom. The molecule has 1 heterocycles. The molecular weight excluding hydrogens is 194 g/mol. The van der Waals surface area contributed by atoms with Gasteiger partial charge in [-0.05, 0) is 30.2 Å². The number of fused-ring (bicyclic) bond motifs is 3. The molecule has 1 nitrogen and oxygen atoms in total. The summed E-state index contributed by atoms with van der Waals surface area (Å²) in [6.45, 7) is 3.78. The van der Waals surface area contributed by atoms with Gasteiger partial charge in [0.25, 0.3) is 0 Å². The quantitative estimate of drug-likeness (QED) is 0.610. The molecule has 0 aliphatic carbocycles. The third-order valence-corrected chi connectivity index (χ3v) is 2.95. The first-order chi connectivity index (χ1) is 7.88. The van der Waals surface area contributed by atoms with Gasteiger partial charge in [-0.2, -0.15) is 0 Å². The number of aromatic nitrogens is 1. The van der Waals surface area contributed by atoms with Gasteiger partial charge in [0.05, 0.1) is 0 Å². The second-order valence-electron chi connectivity index (χ2n) is 4.04. The topological polar surface area (TPSA) is 15.8 Å². The van der Waals surface area contributed by atoms with Gasteiger partial charge in [-0.3, -0.25) is 0 Å². The smallest absolute Gasteiger partial charge is 0.0465 e. The van der Waals surface area contributed by atoms with Gasteiger partial charge in [-0.25, -0.2) is 0 Å². The van der Waals surface area contributed by atoms with Gasteiger partial charge in [0.1, 0.15) is 0 Å². The molecule has 0 saturated carbocycles. The molecule has 0 spiro atoms. The highest BCUT2D eigenvalue weighted by atomic mass is 14.7. The lowest BCUT2D eigenvalue weighted by atomic mass is 10.1. The van der Waals surface area contributed by atoms with Gasteiger partial charge in [0.15, 0.2) is 0 Å². The molecule has 3 rings (SSSR count). The standard InChI is InChI=1S/C15H13N/c1-2-5-11-8-9-15-13(10-11)12-6-3-4-7-14(12)16-15/h2-4,6-10,16H,1,5H2. The lowest BCUT2D eigenvalue weighted by molar-refractivity contribution is 1.29. The predicted molar refractivity (Wildman–Crippen MR) is 69.7 cm³/mol. The lowest BCUT2D eigenvalue weighted by Crippen LogP contribution is -1.79. The van der Waals surface area contributed by atoms with Crippen LogP contribution in [0.4, 0.5) is 0 Å². The van der Waals surface area contributed by atoms with E-state index < -0.39 is 0 Å². The minimum Gasteiger partial charge on any atom is -0.355 e. The summed E-state index contributed by atoms with van der Waals surface area (Å²) in [7, 11) is 0. The fraction of sp³-hybridized carbons (Fsp3) is 0.0667. The van der Waals surface area contributed by atoms with E-state index in [0.717, 1.165) is 6.42 Å². The number of rotatable bonds is 2.